The Bertz CT molecular complexity index is 861. The average molecular weight is 462 g/mol. The lowest BCUT2D eigenvalue weighted by molar-refractivity contribution is -0.119. The van der Waals surface area contributed by atoms with Crippen molar-refractivity contribution in [3.05, 3.63) is 40.5 Å². The van der Waals surface area contributed by atoms with E-state index in [-0.39, 0.29) is 18.4 Å². The summed E-state index contributed by atoms with van der Waals surface area (Å²) in [6, 6.07) is 7.95. The lowest BCUT2D eigenvalue weighted by atomic mass is 10.2. The molecule has 2 amide bonds. The van der Waals surface area contributed by atoms with Gasteiger partial charge in [0, 0.05) is 29.2 Å². The molecular weight excluding hydrogens is 434 g/mol. The van der Waals surface area contributed by atoms with Gasteiger partial charge in [-0.1, -0.05) is 28.8 Å². The van der Waals surface area contributed by atoms with E-state index in [0.29, 0.717) is 19.0 Å². The second kappa shape index (κ2) is 10.0. The molecular formula is C21H28BrN5O2. The third-order valence-electron chi connectivity index (χ3n) is 5.21. The predicted molar refractivity (Wildman–Crippen MR) is 118 cm³/mol. The zero-order chi connectivity index (χ0) is 20.8. The molecule has 0 bridgehead atoms. The minimum Gasteiger partial charge on any atom is -0.325 e. The molecule has 1 fully saturated rings. The number of hydrogen-bond acceptors (Lipinski definition) is 4. The quantitative estimate of drug-likeness (QED) is 0.623. The minimum absolute atomic E-state index is 0.0687. The highest BCUT2D eigenvalue weighted by Gasteiger charge is 2.20. The molecule has 0 aliphatic heterocycles. The molecule has 0 unspecified atom stereocenters. The van der Waals surface area contributed by atoms with Crippen molar-refractivity contribution in [2.75, 3.05) is 30.8 Å². The van der Waals surface area contributed by atoms with E-state index >= 15 is 0 Å². The molecule has 1 aromatic heterocycles. The van der Waals surface area contributed by atoms with Crippen LogP contribution in [0.1, 0.15) is 43.7 Å². The van der Waals surface area contributed by atoms with Crippen molar-refractivity contribution in [3.8, 4) is 0 Å². The number of halogens is 1. The Morgan fingerprint density at radius 1 is 1.21 bits per heavy atom. The molecule has 0 radical (unpaired) electrons. The Hall–Kier alpha value is -2.19. The summed E-state index contributed by atoms with van der Waals surface area (Å²) in [5, 5.41) is 10.2. The number of hydrogen-bond donors (Lipinski definition) is 2. The molecule has 1 aliphatic carbocycles. The topological polar surface area (TPSA) is 79.3 Å². The zero-order valence-corrected chi connectivity index (χ0v) is 18.5. The van der Waals surface area contributed by atoms with Crippen molar-refractivity contribution < 1.29 is 9.59 Å². The second-order valence-electron chi connectivity index (χ2n) is 7.64. The van der Waals surface area contributed by atoms with Gasteiger partial charge in [0.15, 0.2) is 0 Å². The Morgan fingerprint density at radius 3 is 2.69 bits per heavy atom. The van der Waals surface area contributed by atoms with Crippen molar-refractivity contribution in [2.24, 2.45) is 0 Å². The van der Waals surface area contributed by atoms with Gasteiger partial charge >= 0.3 is 0 Å². The first-order chi connectivity index (χ1) is 13.9. The van der Waals surface area contributed by atoms with E-state index in [0.717, 1.165) is 34.4 Å². The van der Waals surface area contributed by atoms with Gasteiger partial charge in [0.2, 0.25) is 11.8 Å². The van der Waals surface area contributed by atoms with Crippen LogP contribution in [-0.4, -0.2) is 46.6 Å². The molecule has 8 heteroatoms. The molecule has 1 heterocycles. The van der Waals surface area contributed by atoms with Gasteiger partial charge in [-0.25, -0.2) is 4.68 Å². The van der Waals surface area contributed by atoms with E-state index < -0.39 is 0 Å². The van der Waals surface area contributed by atoms with E-state index in [4.69, 9.17) is 0 Å². The van der Waals surface area contributed by atoms with Gasteiger partial charge in [-0.05, 0) is 50.6 Å². The fourth-order valence-electron chi connectivity index (χ4n) is 3.63. The number of aryl methyl sites for hydroxylation is 1. The highest BCUT2D eigenvalue weighted by Crippen LogP contribution is 2.31. The smallest absolute Gasteiger partial charge is 0.238 e. The molecule has 3 rings (SSSR count). The van der Waals surface area contributed by atoms with Gasteiger partial charge in [-0.3, -0.25) is 14.5 Å². The number of aromatic nitrogens is 2. The molecule has 29 heavy (non-hydrogen) atoms. The van der Waals surface area contributed by atoms with Crippen LogP contribution in [0.15, 0.2) is 34.9 Å². The van der Waals surface area contributed by atoms with Crippen molar-refractivity contribution >= 4 is 39.2 Å². The molecule has 2 N–H and O–H groups in total. The number of nitrogens with zero attached hydrogens (tertiary/aromatic N) is 3. The third kappa shape index (κ3) is 6.14. The third-order valence-corrected chi connectivity index (χ3v) is 5.70. The molecule has 0 saturated heterocycles. The Labute approximate surface area is 180 Å². The summed E-state index contributed by atoms with van der Waals surface area (Å²) >= 11 is 3.42. The van der Waals surface area contributed by atoms with Gasteiger partial charge < -0.3 is 10.6 Å². The van der Waals surface area contributed by atoms with E-state index in [1.54, 1.807) is 6.20 Å². The normalized spacial score (nSPS) is 14.3. The van der Waals surface area contributed by atoms with Crippen molar-refractivity contribution in [3.63, 3.8) is 0 Å². The van der Waals surface area contributed by atoms with Crippen molar-refractivity contribution in [1.82, 2.24) is 14.7 Å². The number of rotatable bonds is 8. The van der Waals surface area contributed by atoms with Crippen LogP contribution in [0.2, 0.25) is 0 Å². The van der Waals surface area contributed by atoms with Gasteiger partial charge in [0.1, 0.15) is 5.82 Å². The molecule has 1 saturated carbocycles. The van der Waals surface area contributed by atoms with Crippen molar-refractivity contribution in [1.29, 1.82) is 0 Å². The van der Waals surface area contributed by atoms with E-state index in [9.17, 15) is 9.59 Å². The first-order valence-electron chi connectivity index (χ1n) is 10.0. The van der Waals surface area contributed by atoms with Gasteiger partial charge in [-0.2, -0.15) is 5.10 Å². The molecule has 1 aromatic carbocycles. The summed E-state index contributed by atoms with van der Waals surface area (Å²) in [4.78, 5) is 26.5. The number of likely N-dealkylation sites (N-methyl/N-ethyl adjacent to an activating group) is 1. The largest absolute Gasteiger partial charge is 0.325 e. The van der Waals surface area contributed by atoms with Crippen LogP contribution in [0.3, 0.4) is 0 Å². The lowest BCUT2D eigenvalue weighted by Crippen LogP contribution is -2.32. The highest BCUT2D eigenvalue weighted by atomic mass is 79.9. The molecule has 0 spiro atoms. The fraction of sp³-hybridized carbons (Fsp3) is 0.476. The average Bonchev–Trinajstić information content (AvgIpc) is 3.34. The maximum atomic E-state index is 12.4. The molecule has 7 nitrogen and oxygen atoms in total. The highest BCUT2D eigenvalue weighted by molar-refractivity contribution is 9.10. The number of carbonyl (C=O) groups excluding carboxylic acids is 2. The van der Waals surface area contributed by atoms with Crippen LogP contribution in [0.5, 0.6) is 0 Å². The first kappa shape index (κ1) is 21.5. The van der Waals surface area contributed by atoms with Gasteiger partial charge in [0.25, 0.3) is 0 Å². The zero-order valence-electron chi connectivity index (χ0n) is 16.9. The first-order valence-corrected chi connectivity index (χ1v) is 10.8. The van der Waals surface area contributed by atoms with Crippen LogP contribution in [0.25, 0.3) is 0 Å². The molecule has 1 aliphatic rings. The van der Waals surface area contributed by atoms with E-state index in [2.05, 4.69) is 31.7 Å². The number of anilines is 2. The van der Waals surface area contributed by atoms with Gasteiger partial charge in [-0.15, -0.1) is 0 Å². The van der Waals surface area contributed by atoms with Crippen LogP contribution in [-0.2, 0) is 9.59 Å². The van der Waals surface area contributed by atoms with Gasteiger partial charge in [0.05, 0.1) is 18.8 Å². The lowest BCUT2D eigenvalue weighted by Gasteiger charge is -2.18. The van der Waals surface area contributed by atoms with E-state index in [1.807, 2.05) is 47.8 Å². The van der Waals surface area contributed by atoms with Crippen LogP contribution >= 0.6 is 15.9 Å². The Kier molecular flexibility index (Phi) is 7.44. The second-order valence-corrected chi connectivity index (χ2v) is 8.56. The maximum absolute atomic E-state index is 12.4. The SMILES string of the molecule is Cc1cc(Br)ccc1NC(=O)CN(C)CCC(=O)Nc1ccnn1C1CCCC1. The van der Waals surface area contributed by atoms with E-state index in [1.165, 1.54) is 12.8 Å². The number of benzene rings is 1. The van der Waals surface area contributed by atoms with Crippen LogP contribution < -0.4 is 10.6 Å². The number of nitrogens with one attached hydrogen (secondary N) is 2. The summed E-state index contributed by atoms with van der Waals surface area (Å²) in [7, 11) is 1.84. The van der Waals surface area contributed by atoms with Crippen LogP contribution in [0.4, 0.5) is 11.5 Å². The fourth-order valence-corrected chi connectivity index (χ4v) is 4.11. The minimum atomic E-state index is -0.0994. The summed E-state index contributed by atoms with van der Waals surface area (Å²) in [5.74, 6) is 0.589. The Morgan fingerprint density at radius 2 is 1.97 bits per heavy atom. The van der Waals surface area contributed by atoms with Crippen LogP contribution in [0, 0.1) is 6.92 Å². The molecule has 2 aromatic rings. The van der Waals surface area contributed by atoms with Crippen molar-refractivity contribution in [2.45, 2.75) is 45.1 Å². The Balaban J connectivity index is 1.43. The summed E-state index contributed by atoms with van der Waals surface area (Å²) in [6.45, 7) is 2.67. The standard InChI is InChI=1S/C21H28BrN5O2/c1-15-13-16(22)7-8-18(15)24-21(29)14-26(2)12-10-20(28)25-19-9-11-23-27(19)17-5-3-4-6-17/h7-9,11,13,17H,3-6,10,12,14H2,1-2H3,(H,24,29)(H,25,28). The molecule has 156 valence electrons. The molecule has 0 atom stereocenters. The number of carbonyl (C=O) groups is 2. The summed E-state index contributed by atoms with van der Waals surface area (Å²) in [5.41, 5.74) is 1.79. The number of amides is 2. The maximum Gasteiger partial charge on any atom is 0.238 e. The summed E-state index contributed by atoms with van der Waals surface area (Å²) in [6.07, 6.45) is 6.70. The predicted octanol–water partition coefficient (Wildman–Crippen LogP) is 3.97. The monoisotopic (exact) mass is 461 g/mol. The summed E-state index contributed by atoms with van der Waals surface area (Å²) < 4.78 is 2.91.